The van der Waals surface area contributed by atoms with Crippen LogP contribution in [-0.2, 0) is 16.6 Å². The molecule has 1 aliphatic heterocycles. The molecule has 0 unspecified atom stereocenters. The second-order valence-corrected chi connectivity index (χ2v) is 8.18. The van der Waals surface area contributed by atoms with E-state index in [0.29, 0.717) is 22.8 Å². The van der Waals surface area contributed by atoms with E-state index in [-0.39, 0.29) is 6.04 Å². The number of rotatable bonds is 7. The summed E-state index contributed by atoms with van der Waals surface area (Å²) in [6.45, 7) is 5.14. The number of H-pyrrole nitrogens is 1. The van der Waals surface area contributed by atoms with Gasteiger partial charge < -0.3 is 5.32 Å². The zero-order valence-corrected chi connectivity index (χ0v) is 14.2. The number of nitrogens with zero attached hydrogens (tertiary/aromatic N) is 1. The fourth-order valence-corrected chi connectivity index (χ4v) is 5.20. The highest BCUT2D eigenvalue weighted by Crippen LogP contribution is 2.22. The predicted octanol–water partition coefficient (Wildman–Crippen LogP) is 1.39. The van der Waals surface area contributed by atoms with Crippen LogP contribution < -0.4 is 10.0 Å². The van der Waals surface area contributed by atoms with Crippen molar-refractivity contribution in [3.63, 3.8) is 0 Å². The highest BCUT2D eigenvalue weighted by Gasteiger charge is 2.27. The fraction of sp³-hybridized carbons (Fsp3) is 0.769. The van der Waals surface area contributed by atoms with E-state index in [9.17, 15) is 8.42 Å². The third-order valence-electron chi connectivity index (χ3n) is 3.49. The van der Waals surface area contributed by atoms with Gasteiger partial charge in [-0.15, -0.1) is 0 Å². The van der Waals surface area contributed by atoms with Crippen LogP contribution in [0.3, 0.4) is 0 Å². The molecule has 1 aromatic rings. The Morgan fingerprint density at radius 3 is 2.76 bits per heavy atom. The SMILES string of the molecule is CCCNCc1n[nH]c(C)c1S(=O)(=O)NC1CCSCC1. The summed E-state index contributed by atoms with van der Waals surface area (Å²) < 4.78 is 28.1. The van der Waals surface area contributed by atoms with E-state index in [1.54, 1.807) is 6.92 Å². The summed E-state index contributed by atoms with van der Waals surface area (Å²) in [4.78, 5) is 0.310. The molecule has 1 fully saturated rings. The van der Waals surface area contributed by atoms with Gasteiger partial charge in [-0.25, -0.2) is 13.1 Å². The van der Waals surface area contributed by atoms with Gasteiger partial charge in [0.15, 0.2) is 0 Å². The van der Waals surface area contributed by atoms with E-state index < -0.39 is 10.0 Å². The van der Waals surface area contributed by atoms with Gasteiger partial charge in [0.25, 0.3) is 0 Å². The Balaban J connectivity index is 2.12. The summed E-state index contributed by atoms with van der Waals surface area (Å²) in [7, 11) is -3.51. The molecular weight excluding hydrogens is 308 g/mol. The first-order valence-corrected chi connectivity index (χ1v) is 10.0. The molecule has 0 radical (unpaired) electrons. The van der Waals surface area contributed by atoms with Gasteiger partial charge >= 0.3 is 0 Å². The van der Waals surface area contributed by atoms with Crippen molar-refractivity contribution in [2.24, 2.45) is 0 Å². The summed E-state index contributed by atoms with van der Waals surface area (Å²) in [6.07, 6.45) is 2.79. The van der Waals surface area contributed by atoms with Crippen molar-refractivity contribution in [2.45, 2.75) is 50.6 Å². The predicted molar refractivity (Wildman–Crippen MR) is 86.0 cm³/mol. The molecule has 21 heavy (non-hydrogen) atoms. The van der Waals surface area contributed by atoms with Gasteiger partial charge in [-0.05, 0) is 44.2 Å². The van der Waals surface area contributed by atoms with E-state index in [1.165, 1.54) is 0 Å². The van der Waals surface area contributed by atoms with E-state index in [4.69, 9.17) is 0 Å². The largest absolute Gasteiger partial charge is 0.311 e. The first-order valence-electron chi connectivity index (χ1n) is 7.39. The Morgan fingerprint density at radius 1 is 1.38 bits per heavy atom. The van der Waals surface area contributed by atoms with Crippen molar-refractivity contribution in [3.05, 3.63) is 11.4 Å². The Labute approximate surface area is 130 Å². The van der Waals surface area contributed by atoms with Crippen molar-refractivity contribution >= 4 is 21.8 Å². The average molecular weight is 332 g/mol. The van der Waals surface area contributed by atoms with Crippen LogP contribution >= 0.6 is 11.8 Å². The normalized spacial score (nSPS) is 17.2. The molecule has 0 saturated carbocycles. The van der Waals surface area contributed by atoms with Gasteiger partial charge in [0.1, 0.15) is 4.90 Å². The maximum Gasteiger partial charge on any atom is 0.244 e. The molecule has 0 amide bonds. The maximum atomic E-state index is 12.6. The monoisotopic (exact) mass is 332 g/mol. The van der Waals surface area contributed by atoms with Crippen LogP contribution in [0.1, 0.15) is 37.6 Å². The topological polar surface area (TPSA) is 86.9 Å². The summed E-state index contributed by atoms with van der Waals surface area (Å²) in [5, 5.41) is 10.1. The van der Waals surface area contributed by atoms with Gasteiger partial charge in [-0.3, -0.25) is 5.10 Å². The number of thioether (sulfide) groups is 1. The number of hydrogen-bond donors (Lipinski definition) is 3. The first-order chi connectivity index (χ1) is 10.0. The molecule has 1 saturated heterocycles. The van der Waals surface area contributed by atoms with E-state index in [2.05, 4.69) is 27.2 Å². The van der Waals surface area contributed by atoms with Crippen LogP contribution in [0.2, 0.25) is 0 Å². The van der Waals surface area contributed by atoms with Crippen LogP contribution in [-0.4, -0.2) is 42.7 Å². The number of aryl methyl sites for hydroxylation is 1. The minimum Gasteiger partial charge on any atom is -0.311 e. The van der Waals surface area contributed by atoms with Crippen LogP contribution in [0.15, 0.2) is 4.90 Å². The number of aromatic amines is 1. The Kier molecular flexibility index (Phi) is 6.09. The van der Waals surface area contributed by atoms with Crippen molar-refractivity contribution in [1.29, 1.82) is 0 Å². The first kappa shape index (κ1) is 16.8. The molecule has 1 aromatic heterocycles. The highest BCUT2D eigenvalue weighted by molar-refractivity contribution is 7.99. The smallest absolute Gasteiger partial charge is 0.244 e. The number of sulfonamides is 1. The molecule has 0 spiro atoms. The Hall–Kier alpha value is -0.570. The van der Waals surface area contributed by atoms with Gasteiger partial charge in [-0.2, -0.15) is 16.9 Å². The molecule has 6 nitrogen and oxygen atoms in total. The lowest BCUT2D eigenvalue weighted by Crippen LogP contribution is -2.38. The second-order valence-electron chi connectivity index (χ2n) is 5.31. The van der Waals surface area contributed by atoms with Crippen molar-refractivity contribution < 1.29 is 8.42 Å². The van der Waals surface area contributed by atoms with Crippen LogP contribution in [0.25, 0.3) is 0 Å². The fourth-order valence-electron chi connectivity index (χ4n) is 2.42. The third-order valence-corrected chi connectivity index (χ3v) is 6.26. The zero-order valence-electron chi connectivity index (χ0n) is 12.6. The summed E-state index contributed by atoms with van der Waals surface area (Å²) in [5.74, 6) is 2.03. The lowest BCUT2D eigenvalue weighted by Gasteiger charge is -2.22. The van der Waals surface area contributed by atoms with Gasteiger partial charge in [0.2, 0.25) is 10.0 Å². The molecule has 0 aromatic carbocycles. The lowest BCUT2D eigenvalue weighted by molar-refractivity contribution is 0.527. The molecule has 0 aliphatic carbocycles. The zero-order chi connectivity index (χ0) is 15.3. The summed E-state index contributed by atoms with van der Waals surface area (Å²) >= 11 is 1.88. The number of aromatic nitrogens is 2. The Morgan fingerprint density at radius 2 is 2.10 bits per heavy atom. The van der Waals surface area contributed by atoms with Gasteiger partial charge in [0.05, 0.1) is 11.4 Å². The van der Waals surface area contributed by atoms with Crippen LogP contribution in [0, 0.1) is 6.92 Å². The summed E-state index contributed by atoms with van der Waals surface area (Å²) in [6, 6.07) is 0.0435. The average Bonchev–Trinajstić information content (AvgIpc) is 2.82. The maximum absolute atomic E-state index is 12.6. The van der Waals surface area contributed by atoms with Crippen LogP contribution in [0.4, 0.5) is 0 Å². The molecular formula is C13H24N4O2S2. The standard InChI is InChI=1S/C13H24N4O2S2/c1-3-6-14-9-12-13(10(2)15-16-12)21(18,19)17-11-4-7-20-8-5-11/h11,14,17H,3-9H2,1-2H3,(H,15,16). The van der Waals surface area contributed by atoms with E-state index in [1.807, 2.05) is 11.8 Å². The molecule has 120 valence electrons. The minimum absolute atomic E-state index is 0.0435. The van der Waals surface area contributed by atoms with E-state index >= 15 is 0 Å². The van der Waals surface area contributed by atoms with Gasteiger partial charge in [-0.1, -0.05) is 6.92 Å². The molecule has 8 heteroatoms. The van der Waals surface area contributed by atoms with Crippen molar-refractivity contribution in [2.75, 3.05) is 18.1 Å². The summed E-state index contributed by atoms with van der Waals surface area (Å²) in [5.41, 5.74) is 1.17. The molecule has 2 rings (SSSR count). The lowest BCUT2D eigenvalue weighted by atomic mass is 10.2. The number of nitrogens with one attached hydrogen (secondary N) is 3. The Bertz CT molecular complexity index is 551. The molecule has 1 aliphatic rings. The van der Waals surface area contributed by atoms with Crippen LogP contribution in [0.5, 0.6) is 0 Å². The minimum atomic E-state index is -3.51. The molecule has 3 N–H and O–H groups in total. The van der Waals surface area contributed by atoms with E-state index in [0.717, 1.165) is 37.3 Å². The quantitative estimate of drug-likeness (QED) is 0.657. The van der Waals surface area contributed by atoms with Crippen molar-refractivity contribution in [1.82, 2.24) is 20.2 Å². The highest BCUT2D eigenvalue weighted by atomic mass is 32.2. The molecule has 2 heterocycles. The number of hydrogen-bond acceptors (Lipinski definition) is 5. The van der Waals surface area contributed by atoms with Gasteiger partial charge in [0, 0.05) is 12.6 Å². The molecule has 0 bridgehead atoms. The second kappa shape index (κ2) is 7.62. The third kappa shape index (κ3) is 4.45. The van der Waals surface area contributed by atoms with Crippen molar-refractivity contribution in [3.8, 4) is 0 Å². The molecule has 0 atom stereocenters.